The van der Waals surface area contributed by atoms with Gasteiger partial charge in [0.05, 0.1) is 11.4 Å². The van der Waals surface area contributed by atoms with Gasteiger partial charge in [0, 0.05) is 35.4 Å². The van der Waals surface area contributed by atoms with E-state index in [0.29, 0.717) is 4.88 Å². The molecule has 3 aliphatic rings. The number of hydrogen-bond donors (Lipinski definition) is 4. The molecule has 43 heavy (non-hydrogen) atoms. The van der Waals surface area contributed by atoms with Gasteiger partial charge >= 0.3 is 11.9 Å². The molecule has 2 saturated carbocycles. The molecule has 0 radical (unpaired) electrons. The van der Waals surface area contributed by atoms with Crippen LogP contribution in [0.15, 0.2) is 24.3 Å². The predicted octanol–water partition coefficient (Wildman–Crippen LogP) is 4.83. The van der Waals surface area contributed by atoms with Gasteiger partial charge in [0.25, 0.3) is 5.91 Å². The number of aliphatic carboxylic acids is 2. The molecule has 1 aromatic heterocycles. The van der Waals surface area contributed by atoms with Gasteiger partial charge in [-0.05, 0) is 61.9 Å². The highest BCUT2D eigenvalue weighted by molar-refractivity contribution is 7.14. The number of ketones is 1. The summed E-state index contributed by atoms with van der Waals surface area (Å²) in [5, 5.41) is 26.0. The summed E-state index contributed by atoms with van der Waals surface area (Å²) < 4.78 is 12.1. The van der Waals surface area contributed by atoms with Crippen LogP contribution in [0.2, 0.25) is 0 Å². The Balaban J connectivity index is 1.38. The standard InChI is InChI=1S/C32H40N2O8S/c35-24(18-34-30(38)28-16-21-17-33-14-13-27(21)43-28)20-11-12-25(26(15-20)41-19-29(36)37)42-32(31(39)40,22-7-3-1-4-8-22)23-9-5-2-6-10-23/h11-12,15-16,22-23,33H,1-10,13-14,17-19H2,(H,34,38)(H,36,37)(H,39,40). The number of carbonyl (C=O) groups is 4. The van der Waals surface area contributed by atoms with Crippen LogP contribution >= 0.6 is 11.3 Å². The number of nitrogens with one attached hydrogen (secondary N) is 2. The van der Waals surface area contributed by atoms with Gasteiger partial charge in [-0.1, -0.05) is 38.5 Å². The number of hydrogen-bond acceptors (Lipinski definition) is 8. The smallest absolute Gasteiger partial charge is 0.348 e. The van der Waals surface area contributed by atoms with E-state index in [0.717, 1.165) is 89.3 Å². The van der Waals surface area contributed by atoms with Crippen molar-refractivity contribution in [3.8, 4) is 11.5 Å². The summed E-state index contributed by atoms with van der Waals surface area (Å²) in [5.41, 5.74) is -0.182. The number of carboxylic acids is 2. The summed E-state index contributed by atoms with van der Waals surface area (Å²) in [7, 11) is 0. The summed E-state index contributed by atoms with van der Waals surface area (Å²) in [5.74, 6) is -3.23. The Morgan fingerprint density at radius 1 is 0.930 bits per heavy atom. The van der Waals surface area contributed by atoms with Gasteiger partial charge < -0.3 is 30.3 Å². The van der Waals surface area contributed by atoms with Crippen LogP contribution in [-0.4, -0.2) is 59.1 Å². The first-order valence-corrected chi connectivity index (χ1v) is 16.1. The van der Waals surface area contributed by atoms with Crippen LogP contribution in [0.25, 0.3) is 0 Å². The van der Waals surface area contributed by atoms with E-state index in [4.69, 9.17) is 9.47 Å². The minimum Gasteiger partial charge on any atom is -0.479 e. The quantitative estimate of drug-likeness (QED) is 0.247. The second-order valence-electron chi connectivity index (χ2n) is 11.8. The van der Waals surface area contributed by atoms with Gasteiger partial charge in [0.2, 0.25) is 5.60 Å². The largest absolute Gasteiger partial charge is 0.479 e. The summed E-state index contributed by atoms with van der Waals surface area (Å²) in [6.07, 6.45) is 9.69. The first kappa shape index (κ1) is 31.0. The molecule has 0 atom stereocenters. The average Bonchev–Trinajstić information content (AvgIpc) is 3.47. The maximum atomic E-state index is 13.2. The Labute approximate surface area is 255 Å². The van der Waals surface area contributed by atoms with Gasteiger partial charge in [-0.15, -0.1) is 11.3 Å². The van der Waals surface area contributed by atoms with E-state index >= 15 is 0 Å². The van der Waals surface area contributed by atoms with Gasteiger partial charge in [-0.25, -0.2) is 9.59 Å². The first-order valence-electron chi connectivity index (χ1n) is 15.3. The van der Waals surface area contributed by atoms with Crippen molar-refractivity contribution in [3.63, 3.8) is 0 Å². The van der Waals surface area contributed by atoms with Crippen molar-refractivity contribution >= 4 is 35.0 Å². The molecule has 11 heteroatoms. The fourth-order valence-corrected chi connectivity index (χ4v) is 7.97. The molecule has 1 aromatic carbocycles. The van der Waals surface area contributed by atoms with E-state index in [1.807, 2.05) is 6.07 Å². The Morgan fingerprint density at radius 3 is 2.21 bits per heavy atom. The lowest BCUT2D eigenvalue weighted by Gasteiger charge is -2.45. The lowest BCUT2D eigenvalue weighted by atomic mass is 9.66. The number of benzene rings is 1. The van der Waals surface area contributed by atoms with Gasteiger partial charge in [0.1, 0.15) is 0 Å². The average molecular weight is 613 g/mol. The van der Waals surface area contributed by atoms with E-state index in [-0.39, 0.29) is 41.4 Å². The maximum Gasteiger partial charge on any atom is 0.348 e. The molecule has 1 aliphatic heterocycles. The third kappa shape index (κ3) is 7.04. The molecular formula is C32H40N2O8S. The zero-order chi connectivity index (χ0) is 30.4. The molecule has 0 spiro atoms. The molecule has 0 saturated heterocycles. The van der Waals surface area contributed by atoms with Gasteiger partial charge in [-0.2, -0.15) is 0 Å². The molecule has 4 N–H and O–H groups in total. The Hall–Kier alpha value is -3.44. The summed E-state index contributed by atoms with van der Waals surface area (Å²) in [6.45, 7) is 0.640. The molecule has 2 heterocycles. The van der Waals surface area contributed by atoms with Crippen LogP contribution in [0.1, 0.15) is 94.7 Å². The molecule has 0 bridgehead atoms. The highest BCUT2D eigenvalue weighted by Crippen LogP contribution is 2.47. The number of thiophene rings is 1. The molecule has 2 fully saturated rings. The number of carbonyl (C=O) groups excluding carboxylic acids is 2. The molecular weight excluding hydrogens is 572 g/mol. The van der Waals surface area contributed by atoms with Crippen molar-refractivity contribution in [3.05, 3.63) is 45.1 Å². The lowest BCUT2D eigenvalue weighted by Crippen LogP contribution is -2.57. The maximum absolute atomic E-state index is 13.2. The van der Waals surface area contributed by atoms with Crippen molar-refractivity contribution in [1.29, 1.82) is 0 Å². The topological polar surface area (TPSA) is 151 Å². The van der Waals surface area contributed by atoms with Crippen molar-refractivity contribution in [2.24, 2.45) is 11.8 Å². The number of amides is 1. The monoisotopic (exact) mass is 612 g/mol. The Kier molecular flexibility index (Phi) is 10.0. The van der Waals surface area contributed by atoms with Crippen LogP contribution in [0.4, 0.5) is 0 Å². The zero-order valence-electron chi connectivity index (χ0n) is 24.3. The summed E-state index contributed by atoms with van der Waals surface area (Å²) >= 11 is 1.43. The number of rotatable bonds is 12. The van der Waals surface area contributed by atoms with E-state index in [2.05, 4.69) is 10.6 Å². The van der Waals surface area contributed by atoms with Gasteiger partial charge in [-0.3, -0.25) is 9.59 Å². The third-order valence-electron chi connectivity index (χ3n) is 9.03. The van der Waals surface area contributed by atoms with Crippen molar-refractivity contribution in [1.82, 2.24) is 10.6 Å². The molecule has 2 aromatic rings. The molecule has 5 rings (SSSR count). The van der Waals surface area contributed by atoms with E-state index in [9.17, 15) is 29.4 Å². The minimum atomic E-state index is -1.48. The first-order chi connectivity index (χ1) is 20.8. The summed E-state index contributed by atoms with van der Waals surface area (Å²) in [4.78, 5) is 52.2. The van der Waals surface area contributed by atoms with E-state index in [1.54, 1.807) is 0 Å². The fourth-order valence-electron chi connectivity index (χ4n) is 6.87. The second kappa shape index (κ2) is 13.9. The highest BCUT2D eigenvalue weighted by atomic mass is 32.1. The molecule has 1 amide bonds. The number of fused-ring (bicyclic) bond motifs is 1. The van der Waals surface area contributed by atoms with Crippen LogP contribution in [0.5, 0.6) is 11.5 Å². The zero-order valence-corrected chi connectivity index (χ0v) is 25.1. The highest BCUT2D eigenvalue weighted by Gasteiger charge is 2.54. The van der Waals surface area contributed by atoms with Crippen molar-refractivity contribution < 1.29 is 38.9 Å². The normalized spacial score (nSPS) is 18.0. The van der Waals surface area contributed by atoms with Crippen LogP contribution in [-0.2, 0) is 22.6 Å². The van der Waals surface area contributed by atoms with Gasteiger partial charge in [0.15, 0.2) is 23.9 Å². The molecule has 0 unspecified atom stereocenters. The number of Topliss-reactive ketones (excluding diaryl/α,β-unsaturated/α-hetero) is 1. The SMILES string of the molecule is O=C(O)COc1cc(C(=O)CNC(=O)c2cc3c(s2)CCNC3)ccc1OC(C(=O)O)(C1CCCCC1)C1CCCCC1. The minimum absolute atomic E-state index is 0.00440. The van der Waals surface area contributed by atoms with Crippen LogP contribution in [0, 0.1) is 11.8 Å². The summed E-state index contributed by atoms with van der Waals surface area (Å²) in [6, 6.07) is 6.25. The number of carboxylic acid groups (broad SMARTS) is 2. The lowest BCUT2D eigenvalue weighted by molar-refractivity contribution is -0.172. The van der Waals surface area contributed by atoms with E-state index in [1.165, 1.54) is 34.4 Å². The Morgan fingerprint density at radius 2 is 1.60 bits per heavy atom. The van der Waals surface area contributed by atoms with Crippen molar-refractivity contribution in [2.45, 2.75) is 82.8 Å². The van der Waals surface area contributed by atoms with Crippen LogP contribution in [0.3, 0.4) is 0 Å². The van der Waals surface area contributed by atoms with Crippen LogP contribution < -0.4 is 20.1 Å². The predicted molar refractivity (Wildman–Crippen MR) is 160 cm³/mol. The van der Waals surface area contributed by atoms with E-state index < -0.39 is 29.9 Å². The number of ether oxygens (including phenoxy) is 2. The molecule has 2 aliphatic carbocycles. The Bertz CT molecular complexity index is 1300. The van der Waals surface area contributed by atoms with Crippen molar-refractivity contribution in [2.75, 3.05) is 19.7 Å². The molecule has 232 valence electrons. The second-order valence-corrected chi connectivity index (χ2v) is 12.9. The third-order valence-corrected chi connectivity index (χ3v) is 10.3. The molecule has 10 nitrogen and oxygen atoms in total. The fraction of sp³-hybridized carbons (Fsp3) is 0.562.